The summed E-state index contributed by atoms with van der Waals surface area (Å²) in [4.78, 5) is 26.4. The Morgan fingerprint density at radius 1 is 1.25 bits per heavy atom. The van der Waals surface area contributed by atoms with Gasteiger partial charge in [0.05, 0.1) is 23.1 Å². The average Bonchev–Trinajstić information content (AvgIpc) is 3.01. The first-order valence-corrected chi connectivity index (χ1v) is 9.67. The second kappa shape index (κ2) is 7.98. The summed E-state index contributed by atoms with van der Waals surface area (Å²) in [5.74, 6) is -0.896. The van der Waals surface area contributed by atoms with E-state index in [2.05, 4.69) is 17.1 Å². The highest BCUT2D eigenvalue weighted by Crippen LogP contribution is 2.36. The second-order valence-electron chi connectivity index (χ2n) is 5.97. The van der Waals surface area contributed by atoms with Crippen molar-refractivity contribution in [3.63, 3.8) is 0 Å². The maximum Gasteiger partial charge on any atom is 0.318 e. The van der Waals surface area contributed by atoms with Crippen molar-refractivity contribution in [2.75, 3.05) is 0 Å². The summed E-state index contributed by atoms with van der Waals surface area (Å²) in [6.07, 6.45) is 6.12. The summed E-state index contributed by atoms with van der Waals surface area (Å²) < 4.78 is 6.78. The van der Waals surface area contributed by atoms with Crippen molar-refractivity contribution in [2.45, 2.75) is 55.2 Å². The molecule has 1 N–H and O–H groups in total. The van der Waals surface area contributed by atoms with Gasteiger partial charge in [-0.1, -0.05) is 25.3 Å². The number of fused-ring (bicyclic) bond motifs is 1. The molecule has 0 unspecified atom stereocenters. The largest absolute Gasteiger partial charge is 0.481 e. The van der Waals surface area contributed by atoms with E-state index in [-0.39, 0.29) is 12.8 Å². The minimum atomic E-state index is -1.01. The third-order valence-electron chi connectivity index (χ3n) is 4.22. The second-order valence-corrected chi connectivity index (χ2v) is 7.98. The predicted molar refractivity (Wildman–Crippen MR) is 94.3 cm³/mol. The van der Waals surface area contributed by atoms with E-state index in [1.165, 1.54) is 49.0 Å². The van der Waals surface area contributed by atoms with Crippen LogP contribution >= 0.6 is 23.4 Å². The van der Waals surface area contributed by atoms with Gasteiger partial charge < -0.3 is 9.29 Å². The van der Waals surface area contributed by atoms with Gasteiger partial charge in [0.2, 0.25) is 0 Å². The summed E-state index contributed by atoms with van der Waals surface area (Å²) in [7, 11) is 0. The Morgan fingerprint density at radius 3 is 2.79 bits per heavy atom. The first-order chi connectivity index (χ1) is 11.6. The molecule has 0 spiro atoms. The molecule has 24 heavy (non-hydrogen) atoms. The molecule has 0 aliphatic heterocycles. The summed E-state index contributed by atoms with van der Waals surface area (Å²) in [5.41, 5.74) is 2.28. The molecular formula is C17H19NO4S2. The number of aliphatic carboxylic acids is 1. The third kappa shape index (κ3) is 4.48. The quantitative estimate of drug-likeness (QED) is 0.744. The molecule has 0 radical (unpaired) electrons. The number of aromatic nitrogens is 1. The molecule has 1 saturated carbocycles. The molecule has 0 bridgehead atoms. The molecule has 0 amide bonds. The van der Waals surface area contributed by atoms with Crippen LogP contribution in [0.5, 0.6) is 0 Å². The van der Waals surface area contributed by atoms with E-state index < -0.39 is 11.9 Å². The number of carboxylic acid groups (broad SMARTS) is 1. The van der Waals surface area contributed by atoms with Crippen molar-refractivity contribution in [3.8, 4) is 0 Å². The molecule has 3 rings (SSSR count). The highest BCUT2D eigenvalue weighted by molar-refractivity contribution is 7.97. The van der Waals surface area contributed by atoms with Gasteiger partial charge in [-0.2, -0.15) is 0 Å². The van der Waals surface area contributed by atoms with Crippen LogP contribution in [0.1, 0.15) is 56.4 Å². The summed E-state index contributed by atoms with van der Waals surface area (Å²) in [6.45, 7) is 0. The lowest BCUT2D eigenvalue weighted by Crippen LogP contribution is -2.03. The van der Waals surface area contributed by atoms with E-state index in [1.54, 1.807) is 0 Å². The number of benzene rings is 1. The van der Waals surface area contributed by atoms with Crippen molar-refractivity contribution in [3.05, 3.63) is 23.8 Å². The smallest absolute Gasteiger partial charge is 0.318 e. The molecule has 1 aliphatic rings. The first kappa shape index (κ1) is 17.2. The fourth-order valence-electron chi connectivity index (χ4n) is 2.98. The van der Waals surface area contributed by atoms with E-state index in [1.807, 2.05) is 6.07 Å². The van der Waals surface area contributed by atoms with Crippen LogP contribution in [0.2, 0.25) is 0 Å². The molecule has 1 aromatic heterocycles. The highest BCUT2D eigenvalue weighted by atomic mass is 32.2. The maximum absolute atomic E-state index is 11.5. The predicted octanol–water partition coefficient (Wildman–Crippen LogP) is 4.76. The molecule has 2 aromatic rings. The van der Waals surface area contributed by atoms with E-state index >= 15 is 0 Å². The molecular weight excluding hydrogens is 346 g/mol. The van der Waals surface area contributed by atoms with Crippen LogP contribution in [-0.2, 0) is 13.8 Å². The van der Waals surface area contributed by atoms with Crippen LogP contribution in [0.3, 0.4) is 0 Å². The first-order valence-electron chi connectivity index (χ1n) is 8.11. The molecule has 1 fully saturated rings. The normalized spacial score (nSPS) is 15.5. The van der Waals surface area contributed by atoms with Gasteiger partial charge in [-0.05, 0) is 36.5 Å². The van der Waals surface area contributed by atoms with E-state index in [9.17, 15) is 9.59 Å². The van der Waals surface area contributed by atoms with Gasteiger partial charge in [0, 0.05) is 0 Å². The lowest BCUT2D eigenvalue weighted by molar-refractivity contribution is -0.141. The molecule has 128 valence electrons. The zero-order chi connectivity index (χ0) is 16.9. The van der Waals surface area contributed by atoms with Crippen molar-refractivity contribution in [1.29, 1.82) is 0 Å². The molecule has 5 nitrogen and oxygen atoms in total. The average molecular weight is 365 g/mol. The van der Waals surface area contributed by atoms with Crippen LogP contribution in [-0.4, -0.2) is 22.0 Å². The Labute approximate surface area is 148 Å². The van der Waals surface area contributed by atoms with Crippen molar-refractivity contribution in [2.24, 2.45) is 0 Å². The number of carbonyl (C=O) groups excluding carboxylic acids is 1. The summed E-state index contributed by atoms with van der Waals surface area (Å²) >= 11 is 2.41. The Bertz CT molecular complexity index is 737. The number of hydrogen-bond donors (Lipinski definition) is 1. The topological polar surface area (TPSA) is 76.5 Å². The van der Waals surface area contributed by atoms with Crippen LogP contribution in [0.25, 0.3) is 10.2 Å². The minimum Gasteiger partial charge on any atom is -0.481 e. The van der Waals surface area contributed by atoms with Crippen LogP contribution in [0, 0.1) is 0 Å². The lowest BCUT2D eigenvalue weighted by atomic mass is 9.84. The Morgan fingerprint density at radius 2 is 2.04 bits per heavy atom. The molecule has 0 saturated heterocycles. The fourth-order valence-corrected chi connectivity index (χ4v) is 4.61. The minimum absolute atomic E-state index is 0.126. The zero-order valence-electron chi connectivity index (χ0n) is 13.2. The van der Waals surface area contributed by atoms with Crippen molar-refractivity contribution >= 4 is 45.5 Å². The van der Waals surface area contributed by atoms with Gasteiger partial charge in [-0.15, -0.1) is 11.3 Å². The molecule has 1 aromatic carbocycles. The van der Waals surface area contributed by atoms with Gasteiger partial charge >= 0.3 is 11.9 Å². The van der Waals surface area contributed by atoms with Crippen LogP contribution < -0.4 is 0 Å². The van der Waals surface area contributed by atoms with Gasteiger partial charge in [0.25, 0.3) is 0 Å². The Hall–Kier alpha value is -1.60. The number of nitrogens with zero attached hydrogens (tertiary/aromatic N) is 1. The third-order valence-corrected chi connectivity index (χ3v) is 5.99. The van der Waals surface area contributed by atoms with Crippen molar-refractivity contribution in [1.82, 2.24) is 4.98 Å². The number of carboxylic acids is 1. The lowest BCUT2D eigenvalue weighted by Gasteiger charge is -2.21. The fraction of sp³-hybridized carbons (Fsp3) is 0.471. The molecule has 0 atom stereocenters. The SMILES string of the molecule is O=C(O)CCC(=O)OSc1nc2ccc(C3CCCCC3)cc2s1. The number of hydrogen-bond acceptors (Lipinski definition) is 6. The maximum atomic E-state index is 11.5. The summed E-state index contributed by atoms with van der Waals surface area (Å²) in [6, 6.07) is 6.40. The number of rotatable bonds is 6. The van der Waals surface area contributed by atoms with E-state index in [0.29, 0.717) is 10.3 Å². The highest BCUT2D eigenvalue weighted by Gasteiger charge is 2.17. The number of thiazole rings is 1. The Balaban J connectivity index is 1.63. The molecule has 1 aliphatic carbocycles. The van der Waals surface area contributed by atoms with E-state index in [4.69, 9.17) is 9.29 Å². The Kier molecular flexibility index (Phi) is 5.73. The summed E-state index contributed by atoms with van der Waals surface area (Å²) in [5, 5.41) is 8.55. The zero-order valence-corrected chi connectivity index (χ0v) is 14.8. The van der Waals surface area contributed by atoms with Crippen molar-refractivity contribution < 1.29 is 18.9 Å². The monoisotopic (exact) mass is 365 g/mol. The van der Waals surface area contributed by atoms with Gasteiger partial charge in [-0.25, -0.2) is 4.98 Å². The standard InChI is InChI=1S/C17H19NO4S2/c19-15(20)8-9-16(21)22-24-17-18-13-7-6-12(10-14(13)23-17)11-4-2-1-3-5-11/h6-7,10-11H,1-5,8-9H2,(H,19,20). The van der Waals surface area contributed by atoms with Gasteiger partial charge in [0.1, 0.15) is 12.0 Å². The molecule has 7 heteroatoms. The molecule has 1 heterocycles. The van der Waals surface area contributed by atoms with Crippen LogP contribution in [0.4, 0.5) is 0 Å². The van der Waals surface area contributed by atoms with E-state index in [0.717, 1.165) is 22.3 Å². The van der Waals surface area contributed by atoms with Gasteiger partial charge in [-0.3, -0.25) is 9.59 Å². The van der Waals surface area contributed by atoms with Gasteiger partial charge in [0.15, 0.2) is 4.34 Å². The van der Waals surface area contributed by atoms with Crippen LogP contribution in [0.15, 0.2) is 22.5 Å². The number of carbonyl (C=O) groups is 2.